The Morgan fingerprint density at radius 2 is 2.00 bits per heavy atom. The van der Waals surface area contributed by atoms with Gasteiger partial charge < -0.3 is 15.2 Å². The molecule has 0 aromatic heterocycles. The Labute approximate surface area is 102 Å². The average molecular weight is 236 g/mol. The van der Waals surface area contributed by atoms with Gasteiger partial charge >= 0.3 is 0 Å². The van der Waals surface area contributed by atoms with Gasteiger partial charge in [-0.2, -0.15) is 0 Å². The average Bonchev–Trinajstić information content (AvgIpc) is 2.28. The molecule has 0 unspecified atom stereocenters. The van der Waals surface area contributed by atoms with E-state index in [1.165, 1.54) is 0 Å². The third kappa shape index (κ3) is 4.87. The van der Waals surface area contributed by atoms with Gasteiger partial charge in [-0.05, 0) is 18.1 Å². The van der Waals surface area contributed by atoms with E-state index in [1.54, 1.807) is 12.1 Å². The molecule has 17 heavy (non-hydrogen) atoms. The Balaban J connectivity index is 2.39. The maximum Gasteiger partial charge on any atom is 0.130 e. The van der Waals surface area contributed by atoms with Crippen LogP contribution in [0.1, 0.15) is 19.4 Å². The molecule has 1 rings (SSSR count). The number of hydrogen-bond acceptors (Lipinski definition) is 3. The van der Waals surface area contributed by atoms with Crippen LogP contribution >= 0.6 is 0 Å². The van der Waals surface area contributed by atoms with Crippen LogP contribution in [0.4, 0.5) is 0 Å². The largest absolute Gasteiger partial charge is 0.490 e. The Morgan fingerprint density at radius 1 is 1.29 bits per heavy atom. The van der Waals surface area contributed by atoms with Crippen molar-refractivity contribution in [3.63, 3.8) is 0 Å². The van der Waals surface area contributed by atoms with E-state index in [0.717, 1.165) is 6.61 Å². The molecule has 4 heteroatoms. The van der Waals surface area contributed by atoms with Crippen molar-refractivity contribution in [3.05, 3.63) is 29.8 Å². The molecule has 0 amide bonds. The van der Waals surface area contributed by atoms with Gasteiger partial charge in [-0.3, -0.25) is 5.41 Å². The summed E-state index contributed by atoms with van der Waals surface area (Å²) in [7, 11) is 0. The zero-order chi connectivity index (χ0) is 12.7. The topological polar surface area (TPSA) is 68.3 Å². The lowest BCUT2D eigenvalue weighted by atomic mass is 10.2. The van der Waals surface area contributed by atoms with E-state index >= 15 is 0 Å². The summed E-state index contributed by atoms with van der Waals surface area (Å²) < 4.78 is 10.9. The molecule has 94 valence electrons. The van der Waals surface area contributed by atoms with Gasteiger partial charge in [0.15, 0.2) is 0 Å². The molecule has 0 aliphatic heterocycles. The Bertz CT molecular complexity index is 364. The SMILES string of the molecule is CC(C)COCCOc1ccccc1C(=N)N. The highest BCUT2D eigenvalue weighted by atomic mass is 16.5. The fraction of sp³-hybridized carbons (Fsp3) is 0.462. The van der Waals surface area contributed by atoms with Crippen molar-refractivity contribution < 1.29 is 9.47 Å². The number of amidine groups is 1. The van der Waals surface area contributed by atoms with Crippen molar-refractivity contribution in [3.8, 4) is 5.75 Å². The van der Waals surface area contributed by atoms with Crippen molar-refractivity contribution in [1.82, 2.24) is 0 Å². The van der Waals surface area contributed by atoms with Gasteiger partial charge in [-0.25, -0.2) is 0 Å². The summed E-state index contributed by atoms with van der Waals surface area (Å²) >= 11 is 0. The monoisotopic (exact) mass is 236 g/mol. The lowest BCUT2D eigenvalue weighted by Crippen LogP contribution is -2.15. The zero-order valence-electron chi connectivity index (χ0n) is 10.4. The molecule has 0 aliphatic rings. The van der Waals surface area contributed by atoms with E-state index in [9.17, 15) is 0 Å². The summed E-state index contributed by atoms with van der Waals surface area (Å²) in [6, 6.07) is 7.27. The van der Waals surface area contributed by atoms with E-state index in [-0.39, 0.29) is 5.84 Å². The Hall–Kier alpha value is -1.55. The van der Waals surface area contributed by atoms with Crippen LogP contribution in [0.5, 0.6) is 5.75 Å². The first kappa shape index (κ1) is 13.5. The molecule has 3 N–H and O–H groups in total. The fourth-order valence-electron chi connectivity index (χ4n) is 1.34. The van der Waals surface area contributed by atoms with Gasteiger partial charge in [0.2, 0.25) is 0 Å². The summed E-state index contributed by atoms with van der Waals surface area (Å²) in [5, 5.41) is 7.42. The van der Waals surface area contributed by atoms with Gasteiger partial charge in [0.25, 0.3) is 0 Å². The predicted octanol–water partition coefficient (Wildman–Crippen LogP) is 2.02. The van der Waals surface area contributed by atoms with Crippen molar-refractivity contribution in [2.45, 2.75) is 13.8 Å². The smallest absolute Gasteiger partial charge is 0.130 e. The molecule has 0 atom stereocenters. The number of nitrogen functional groups attached to an aromatic ring is 1. The number of hydrogen-bond donors (Lipinski definition) is 2. The molecule has 0 saturated heterocycles. The number of rotatable bonds is 7. The lowest BCUT2D eigenvalue weighted by molar-refractivity contribution is 0.0818. The molecule has 0 aliphatic carbocycles. The third-order valence-corrected chi connectivity index (χ3v) is 2.11. The van der Waals surface area contributed by atoms with E-state index < -0.39 is 0 Å². The molecule has 0 radical (unpaired) electrons. The maximum absolute atomic E-state index is 7.42. The zero-order valence-corrected chi connectivity index (χ0v) is 10.4. The summed E-state index contributed by atoms with van der Waals surface area (Å²) in [4.78, 5) is 0. The van der Waals surface area contributed by atoms with Crippen LogP contribution in [0.2, 0.25) is 0 Å². The van der Waals surface area contributed by atoms with Crippen LogP contribution in [0.3, 0.4) is 0 Å². The molecule has 4 nitrogen and oxygen atoms in total. The highest BCUT2D eigenvalue weighted by Crippen LogP contribution is 2.16. The molecular weight excluding hydrogens is 216 g/mol. The van der Waals surface area contributed by atoms with E-state index in [4.69, 9.17) is 20.6 Å². The van der Waals surface area contributed by atoms with Crippen molar-refractivity contribution >= 4 is 5.84 Å². The van der Waals surface area contributed by atoms with Crippen molar-refractivity contribution in [1.29, 1.82) is 5.41 Å². The molecule has 0 heterocycles. The van der Waals surface area contributed by atoms with Crippen LogP contribution in [0, 0.1) is 11.3 Å². The molecule has 0 saturated carbocycles. The number of nitrogens with two attached hydrogens (primary N) is 1. The summed E-state index contributed by atoms with van der Waals surface area (Å²) in [5.41, 5.74) is 6.08. The van der Waals surface area contributed by atoms with Crippen LogP contribution in [0.15, 0.2) is 24.3 Å². The normalized spacial score (nSPS) is 10.5. The standard InChI is InChI=1S/C13H20N2O2/c1-10(2)9-16-7-8-17-12-6-4-3-5-11(12)13(14)15/h3-6,10H,7-9H2,1-2H3,(H3,14,15). The van der Waals surface area contributed by atoms with Crippen LogP contribution in [0.25, 0.3) is 0 Å². The van der Waals surface area contributed by atoms with Crippen LogP contribution in [-0.2, 0) is 4.74 Å². The van der Waals surface area contributed by atoms with Gasteiger partial charge in [0.05, 0.1) is 12.2 Å². The third-order valence-electron chi connectivity index (χ3n) is 2.11. The number of ether oxygens (including phenoxy) is 2. The first-order chi connectivity index (χ1) is 8.11. The first-order valence-electron chi connectivity index (χ1n) is 5.75. The minimum Gasteiger partial charge on any atom is -0.490 e. The summed E-state index contributed by atoms with van der Waals surface area (Å²) in [5.74, 6) is 1.18. The van der Waals surface area contributed by atoms with Crippen LogP contribution in [-0.4, -0.2) is 25.7 Å². The first-order valence-corrected chi connectivity index (χ1v) is 5.75. The van der Waals surface area contributed by atoms with E-state index in [0.29, 0.717) is 30.4 Å². The Kier molecular flexibility index (Phi) is 5.49. The number of para-hydroxylation sites is 1. The van der Waals surface area contributed by atoms with Gasteiger partial charge in [0, 0.05) is 6.61 Å². The summed E-state index contributed by atoms with van der Waals surface area (Å²) in [6.45, 7) is 5.96. The molecular formula is C13H20N2O2. The fourth-order valence-corrected chi connectivity index (χ4v) is 1.34. The summed E-state index contributed by atoms with van der Waals surface area (Å²) in [6.07, 6.45) is 0. The molecule has 0 fully saturated rings. The molecule has 0 bridgehead atoms. The highest BCUT2D eigenvalue weighted by molar-refractivity contribution is 5.97. The van der Waals surface area contributed by atoms with Gasteiger partial charge in [-0.15, -0.1) is 0 Å². The predicted molar refractivity (Wildman–Crippen MR) is 68.6 cm³/mol. The highest BCUT2D eigenvalue weighted by Gasteiger charge is 2.05. The quantitative estimate of drug-likeness (QED) is 0.432. The number of benzene rings is 1. The van der Waals surface area contributed by atoms with Crippen molar-refractivity contribution in [2.75, 3.05) is 19.8 Å². The maximum atomic E-state index is 7.42. The molecule has 1 aromatic carbocycles. The second-order valence-corrected chi connectivity index (χ2v) is 4.23. The van der Waals surface area contributed by atoms with E-state index in [1.807, 2.05) is 12.1 Å². The Morgan fingerprint density at radius 3 is 2.65 bits per heavy atom. The molecule has 0 spiro atoms. The second kappa shape index (κ2) is 6.91. The van der Waals surface area contributed by atoms with Crippen molar-refractivity contribution in [2.24, 2.45) is 11.7 Å². The van der Waals surface area contributed by atoms with Gasteiger partial charge in [0.1, 0.15) is 18.2 Å². The number of nitrogens with one attached hydrogen (secondary N) is 1. The van der Waals surface area contributed by atoms with Gasteiger partial charge in [-0.1, -0.05) is 26.0 Å². The van der Waals surface area contributed by atoms with Crippen LogP contribution < -0.4 is 10.5 Å². The minimum atomic E-state index is 0.0173. The second-order valence-electron chi connectivity index (χ2n) is 4.23. The molecule has 1 aromatic rings. The minimum absolute atomic E-state index is 0.0173. The lowest BCUT2D eigenvalue weighted by Gasteiger charge is -2.11. The van der Waals surface area contributed by atoms with E-state index in [2.05, 4.69) is 13.8 Å².